The molecule has 3 aromatic heterocycles. The first-order chi connectivity index (χ1) is 27.0. The molecule has 12 nitrogen and oxygen atoms in total. The van der Waals surface area contributed by atoms with Crippen molar-refractivity contribution in [3.8, 4) is 28.3 Å². The molecule has 0 bridgehead atoms. The van der Waals surface area contributed by atoms with E-state index in [-0.39, 0.29) is 23.9 Å². The SMILES string of the molecule is COc1nc(-c2cccc(-c3cccc(Nc4nc(C(F)F)nc5cc(CN6CC[C@@H](OC)C6)cnc45)c3C)c2Cl)cnc1CN(C)C1CCC(C(=O)O)CC1. The van der Waals surface area contributed by atoms with Crippen LogP contribution in [-0.2, 0) is 22.6 Å². The van der Waals surface area contributed by atoms with Gasteiger partial charge in [-0.3, -0.25) is 24.6 Å². The summed E-state index contributed by atoms with van der Waals surface area (Å²) in [6, 6.07) is 13.4. The van der Waals surface area contributed by atoms with Gasteiger partial charge in [-0.05, 0) is 74.9 Å². The number of benzene rings is 2. The monoisotopic (exact) mass is 786 g/mol. The van der Waals surface area contributed by atoms with Crippen LogP contribution in [0.4, 0.5) is 20.3 Å². The van der Waals surface area contributed by atoms with Crippen LogP contribution in [0.2, 0.25) is 5.02 Å². The number of ether oxygens (including phenoxy) is 2. The minimum absolute atomic E-state index is 0.176. The lowest BCUT2D eigenvalue weighted by molar-refractivity contribution is -0.143. The minimum atomic E-state index is -2.87. The Morgan fingerprint density at radius 2 is 1.77 bits per heavy atom. The van der Waals surface area contributed by atoms with Crippen LogP contribution in [0.1, 0.15) is 61.2 Å². The summed E-state index contributed by atoms with van der Waals surface area (Å²) in [5, 5.41) is 13.1. The van der Waals surface area contributed by atoms with Gasteiger partial charge in [0.1, 0.15) is 11.2 Å². The van der Waals surface area contributed by atoms with E-state index in [0.29, 0.717) is 70.5 Å². The molecule has 0 amide bonds. The Balaban J connectivity index is 1.13. The summed E-state index contributed by atoms with van der Waals surface area (Å²) in [5.41, 5.74) is 6.47. The lowest BCUT2D eigenvalue weighted by Crippen LogP contribution is -2.36. The van der Waals surface area contributed by atoms with Crippen LogP contribution in [0.5, 0.6) is 5.88 Å². The van der Waals surface area contributed by atoms with E-state index in [1.807, 2.05) is 50.4 Å². The maximum absolute atomic E-state index is 14.1. The summed E-state index contributed by atoms with van der Waals surface area (Å²) < 4.78 is 39.4. The van der Waals surface area contributed by atoms with Crippen molar-refractivity contribution in [2.75, 3.05) is 39.7 Å². The number of likely N-dealkylation sites (tertiary alicyclic amines) is 1. The number of carboxylic acids is 1. The van der Waals surface area contributed by atoms with Crippen molar-refractivity contribution in [1.82, 2.24) is 34.7 Å². The average Bonchev–Trinajstić information content (AvgIpc) is 3.66. The van der Waals surface area contributed by atoms with Gasteiger partial charge in [0.2, 0.25) is 5.88 Å². The van der Waals surface area contributed by atoms with Crippen molar-refractivity contribution in [1.29, 1.82) is 0 Å². The predicted molar refractivity (Wildman–Crippen MR) is 210 cm³/mol. The van der Waals surface area contributed by atoms with Crippen molar-refractivity contribution in [3.63, 3.8) is 0 Å². The highest BCUT2D eigenvalue weighted by atomic mass is 35.5. The standard InChI is InChI=1S/C41H45ClF2N8O4/c1-23-28(7-6-10-31(23)47-38-36-32(48-39(50-38)37(43)44)17-24(18-46-36)20-52-16-15-27(21-52)55-3)29-8-5-9-30(35(29)42)33-19-45-34(40(49-33)56-4)22-51(2)26-13-11-25(12-14-26)41(53)54/h5-10,17-19,25-27,37H,11-16,20-22H2,1-4H3,(H,53,54)(H,47,48,50)/t25?,26?,27-/m1/s1. The number of nitrogens with zero attached hydrogens (tertiary/aromatic N) is 7. The Kier molecular flexibility index (Phi) is 12.0. The molecule has 7 rings (SSSR count). The maximum Gasteiger partial charge on any atom is 0.306 e. The molecule has 0 spiro atoms. The molecule has 0 unspecified atom stereocenters. The second-order valence-electron chi connectivity index (χ2n) is 14.6. The fraction of sp³-hybridized carbons (Fsp3) is 0.415. The van der Waals surface area contributed by atoms with Crippen molar-refractivity contribution in [2.24, 2.45) is 5.92 Å². The molecule has 56 heavy (non-hydrogen) atoms. The zero-order chi connectivity index (χ0) is 39.5. The molecule has 15 heteroatoms. The number of aliphatic carboxylic acids is 1. The molecule has 2 aromatic carbocycles. The van der Waals surface area contributed by atoms with Gasteiger partial charge in [0.05, 0.1) is 41.6 Å². The molecular formula is C41H45ClF2N8O4. The number of carbonyl (C=O) groups is 1. The third-order valence-corrected chi connectivity index (χ3v) is 11.4. The van der Waals surface area contributed by atoms with Crippen LogP contribution in [0.25, 0.3) is 33.4 Å². The summed E-state index contributed by atoms with van der Waals surface area (Å²) in [5.74, 6) is -1.02. The Labute approximate surface area is 329 Å². The van der Waals surface area contributed by atoms with E-state index >= 15 is 0 Å². The number of hydrogen-bond donors (Lipinski definition) is 2. The lowest BCUT2D eigenvalue weighted by Gasteiger charge is -2.33. The Bertz CT molecular complexity index is 2220. The van der Waals surface area contributed by atoms with Crippen LogP contribution < -0.4 is 10.1 Å². The van der Waals surface area contributed by atoms with E-state index in [1.54, 1.807) is 32.7 Å². The van der Waals surface area contributed by atoms with Gasteiger partial charge in [-0.1, -0.05) is 41.9 Å². The molecule has 5 aromatic rings. The Morgan fingerprint density at radius 1 is 1.02 bits per heavy atom. The quantitative estimate of drug-likeness (QED) is 0.119. The highest BCUT2D eigenvalue weighted by molar-refractivity contribution is 6.36. The predicted octanol–water partition coefficient (Wildman–Crippen LogP) is 8.10. The highest BCUT2D eigenvalue weighted by Crippen LogP contribution is 2.40. The van der Waals surface area contributed by atoms with E-state index in [2.05, 4.69) is 30.1 Å². The number of anilines is 2. The first-order valence-corrected chi connectivity index (χ1v) is 19.1. The highest BCUT2D eigenvalue weighted by Gasteiger charge is 2.29. The number of halogens is 3. The van der Waals surface area contributed by atoms with Crippen LogP contribution in [0.3, 0.4) is 0 Å². The molecule has 1 aliphatic carbocycles. The number of alkyl halides is 2. The number of fused-ring (bicyclic) bond motifs is 1. The van der Waals surface area contributed by atoms with Crippen LogP contribution >= 0.6 is 11.6 Å². The van der Waals surface area contributed by atoms with Crippen LogP contribution in [-0.4, -0.2) is 92.3 Å². The summed E-state index contributed by atoms with van der Waals surface area (Å²) in [7, 11) is 5.28. The van der Waals surface area contributed by atoms with Gasteiger partial charge in [0, 0.05) is 62.3 Å². The van der Waals surface area contributed by atoms with Crippen molar-refractivity contribution >= 4 is 40.1 Å². The number of methoxy groups -OCH3 is 2. The summed E-state index contributed by atoms with van der Waals surface area (Å²) in [6.07, 6.45) is 4.59. The van der Waals surface area contributed by atoms with Gasteiger partial charge in [0.25, 0.3) is 6.43 Å². The van der Waals surface area contributed by atoms with Gasteiger partial charge in [-0.2, -0.15) is 0 Å². The Hall–Kier alpha value is -4.89. The fourth-order valence-corrected chi connectivity index (χ4v) is 8.12. The first kappa shape index (κ1) is 39.3. The van der Waals surface area contributed by atoms with Gasteiger partial charge >= 0.3 is 5.97 Å². The zero-order valence-corrected chi connectivity index (χ0v) is 32.6. The molecule has 2 fully saturated rings. The average molecular weight is 787 g/mol. The third-order valence-electron chi connectivity index (χ3n) is 11.0. The smallest absolute Gasteiger partial charge is 0.306 e. The molecule has 1 aliphatic heterocycles. The van der Waals surface area contributed by atoms with Gasteiger partial charge in [0.15, 0.2) is 11.6 Å². The van der Waals surface area contributed by atoms with Crippen LogP contribution in [0.15, 0.2) is 54.9 Å². The molecule has 1 saturated heterocycles. The van der Waals surface area contributed by atoms with Crippen LogP contribution in [0, 0.1) is 12.8 Å². The number of rotatable bonds is 13. The molecular weight excluding hydrogens is 742 g/mol. The zero-order valence-electron chi connectivity index (χ0n) is 31.8. The Morgan fingerprint density at radius 3 is 2.48 bits per heavy atom. The van der Waals surface area contributed by atoms with Crippen molar-refractivity contribution in [3.05, 3.63) is 82.5 Å². The normalized spacial score (nSPS) is 18.9. The maximum atomic E-state index is 14.1. The third kappa shape index (κ3) is 8.43. The number of hydrogen-bond acceptors (Lipinski definition) is 11. The van der Waals surface area contributed by atoms with E-state index in [1.165, 1.54) is 0 Å². The molecule has 0 radical (unpaired) electrons. The van der Waals surface area contributed by atoms with Gasteiger partial charge in [-0.15, -0.1) is 0 Å². The molecule has 2 N–H and O–H groups in total. The molecule has 294 valence electrons. The first-order valence-electron chi connectivity index (χ1n) is 18.7. The molecule has 1 atom stereocenters. The largest absolute Gasteiger partial charge is 0.481 e. The molecule has 2 aliphatic rings. The summed E-state index contributed by atoms with van der Waals surface area (Å²) >= 11 is 7.14. The number of carboxylic acid groups (broad SMARTS) is 1. The molecule has 4 heterocycles. The molecule has 1 saturated carbocycles. The topological polar surface area (TPSA) is 139 Å². The number of pyridine rings is 1. The lowest BCUT2D eigenvalue weighted by atomic mass is 9.85. The van der Waals surface area contributed by atoms with Gasteiger partial charge < -0.3 is 19.9 Å². The minimum Gasteiger partial charge on any atom is -0.481 e. The fourth-order valence-electron chi connectivity index (χ4n) is 7.80. The second kappa shape index (κ2) is 17.1. The van der Waals surface area contributed by atoms with Gasteiger partial charge in [-0.25, -0.2) is 23.7 Å². The number of aromatic nitrogens is 5. The number of nitrogens with one attached hydrogen (secondary N) is 1. The van der Waals surface area contributed by atoms with Crippen molar-refractivity contribution < 1.29 is 28.2 Å². The second-order valence-corrected chi connectivity index (χ2v) is 14.9. The van der Waals surface area contributed by atoms with E-state index in [0.717, 1.165) is 54.6 Å². The van der Waals surface area contributed by atoms with E-state index < -0.39 is 18.2 Å². The van der Waals surface area contributed by atoms with E-state index in [9.17, 15) is 18.7 Å². The van der Waals surface area contributed by atoms with Crippen molar-refractivity contribution in [2.45, 2.75) is 70.7 Å². The van der Waals surface area contributed by atoms with E-state index in [4.69, 9.17) is 31.0 Å². The summed E-state index contributed by atoms with van der Waals surface area (Å²) in [4.78, 5) is 38.4. The summed E-state index contributed by atoms with van der Waals surface area (Å²) in [6.45, 7) is 4.71.